The molecule has 0 rings (SSSR count). The third kappa shape index (κ3) is 11.6. The Morgan fingerprint density at radius 1 is 1.33 bits per heavy atom. The molecule has 3 N–H and O–H groups in total. The molecule has 5 heteroatoms. The second-order valence-electron chi connectivity index (χ2n) is 1.74. The van der Waals surface area contributed by atoms with Gasteiger partial charge < -0.3 is 15.3 Å². The van der Waals surface area contributed by atoms with E-state index in [1.807, 2.05) is 0 Å². The second kappa shape index (κ2) is 9.80. The quantitative estimate of drug-likeness (QED) is 0.386. The van der Waals surface area contributed by atoms with Gasteiger partial charge in [-0.15, -0.1) is 0 Å². The zero-order valence-corrected chi connectivity index (χ0v) is 6.73. The van der Waals surface area contributed by atoms with Crippen LogP contribution in [0, 0.1) is 0 Å². The van der Waals surface area contributed by atoms with Crippen LogP contribution in [0.2, 0.25) is 0 Å². The van der Waals surface area contributed by atoms with E-state index in [4.69, 9.17) is 15.3 Å². The molecule has 0 unspecified atom stereocenters. The third-order valence-electron chi connectivity index (χ3n) is 0.755. The van der Waals surface area contributed by atoms with Gasteiger partial charge in [-0.2, -0.15) is 0 Å². The maximum absolute atomic E-state index is 9.86. The molecule has 0 aliphatic rings. The van der Waals surface area contributed by atoms with Gasteiger partial charge in [-0.1, -0.05) is 0 Å². The minimum atomic E-state index is -1.06. The molecule has 0 aromatic carbocycles. The molecule has 0 bridgehead atoms. The Morgan fingerprint density at radius 2 is 1.75 bits per heavy atom. The molecule has 0 radical (unpaired) electrons. The molecule has 0 atom stereocenters. The number of aliphatic hydroxyl groups is 2. The number of carbonyl (C=O) groups excluding carboxylic acids is 1. The van der Waals surface area contributed by atoms with Gasteiger partial charge in [-0.3, -0.25) is 4.79 Å². The van der Waals surface area contributed by atoms with E-state index in [1.165, 1.54) is 6.92 Å². The van der Waals surface area contributed by atoms with Crippen molar-refractivity contribution in [2.24, 2.45) is 0 Å². The minimum Gasteiger partial charge on any atom is -0.478 e. The summed E-state index contributed by atoms with van der Waals surface area (Å²) < 4.78 is 0. The van der Waals surface area contributed by atoms with Gasteiger partial charge in [0.1, 0.15) is 6.29 Å². The standard InChI is InChI=1S/C5H6O3.C2H6O2/c1-4(2-3-6)5(7)8;3-1-2-4/h2-3H,1H3,(H,7,8);3-4H,1-2H2. The molecule has 0 aliphatic heterocycles. The predicted molar refractivity (Wildman–Crippen MR) is 41.6 cm³/mol. The lowest BCUT2D eigenvalue weighted by atomic mass is 10.3. The van der Waals surface area contributed by atoms with Crippen molar-refractivity contribution >= 4 is 12.3 Å². The Kier molecular flexibility index (Phi) is 10.9. The molecule has 5 nitrogen and oxygen atoms in total. The summed E-state index contributed by atoms with van der Waals surface area (Å²) in [6.07, 6.45) is 1.45. The summed E-state index contributed by atoms with van der Waals surface area (Å²) in [7, 11) is 0. The number of aliphatic carboxylic acids is 1. The number of rotatable bonds is 3. The number of hydrogen-bond donors (Lipinski definition) is 3. The molecule has 12 heavy (non-hydrogen) atoms. The first-order chi connectivity index (χ1) is 5.59. The summed E-state index contributed by atoms with van der Waals surface area (Å²) >= 11 is 0. The predicted octanol–water partition coefficient (Wildman–Crippen LogP) is -0.813. The highest BCUT2D eigenvalue weighted by atomic mass is 16.4. The largest absolute Gasteiger partial charge is 0.478 e. The summed E-state index contributed by atoms with van der Waals surface area (Å²) in [5, 5.41) is 23.3. The van der Waals surface area contributed by atoms with Crippen LogP contribution >= 0.6 is 0 Å². The molecule has 0 spiro atoms. The summed E-state index contributed by atoms with van der Waals surface area (Å²) in [6, 6.07) is 0. The second-order valence-corrected chi connectivity index (χ2v) is 1.74. The van der Waals surface area contributed by atoms with Gasteiger partial charge in [0.15, 0.2) is 0 Å². The number of carboxylic acid groups (broad SMARTS) is 1. The summed E-state index contributed by atoms with van der Waals surface area (Å²) in [5.74, 6) is -1.06. The smallest absolute Gasteiger partial charge is 0.331 e. The van der Waals surface area contributed by atoms with E-state index in [0.29, 0.717) is 6.29 Å². The fourth-order valence-electron chi connectivity index (χ4n) is 0.173. The van der Waals surface area contributed by atoms with E-state index in [-0.39, 0.29) is 18.8 Å². The van der Waals surface area contributed by atoms with Gasteiger partial charge >= 0.3 is 5.97 Å². The number of carboxylic acids is 1. The van der Waals surface area contributed by atoms with Crippen molar-refractivity contribution in [2.75, 3.05) is 13.2 Å². The lowest BCUT2D eigenvalue weighted by molar-refractivity contribution is -0.132. The molecule has 0 fully saturated rings. The van der Waals surface area contributed by atoms with E-state index in [2.05, 4.69) is 0 Å². The zero-order valence-electron chi connectivity index (χ0n) is 6.73. The van der Waals surface area contributed by atoms with Crippen molar-refractivity contribution in [3.63, 3.8) is 0 Å². The first-order valence-electron chi connectivity index (χ1n) is 3.17. The van der Waals surface area contributed by atoms with E-state index in [9.17, 15) is 9.59 Å². The highest BCUT2D eigenvalue weighted by Gasteiger charge is 1.95. The number of hydrogen-bond acceptors (Lipinski definition) is 4. The van der Waals surface area contributed by atoms with Gasteiger partial charge in [-0.25, -0.2) is 4.79 Å². The Bertz CT molecular complexity index is 159. The molecule has 0 amide bonds. The zero-order chi connectivity index (χ0) is 9.98. The molecule has 0 aliphatic carbocycles. The van der Waals surface area contributed by atoms with Gasteiger partial charge in [0.2, 0.25) is 0 Å². The van der Waals surface area contributed by atoms with Gasteiger partial charge in [-0.05, 0) is 13.0 Å². The lowest BCUT2D eigenvalue weighted by Crippen LogP contribution is -1.95. The molecule has 0 aromatic heterocycles. The van der Waals surface area contributed by atoms with E-state index < -0.39 is 5.97 Å². The van der Waals surface area contributed by atoms with Crippen LogP contribution in [0.15, 0.2) is 11.6 Å². The van der Waals surface area contributed by atoms with Crippen LogP contribution in [0.25, 0.3) is 0 Å². The fourth-order valence-corrected chi connectivity index (χ4v) is 0.173. The molecule has 0 heterocycles. The summed E-state index contributed by atoms with van der Waals surface area (Å²) in [5.41, 5.74) is 0.0556. The summed E-state index contributed by atoms with van der Waals surface area (Å²) in [4.78, 5) is 19.4. The number of aldehydes is 1. The van der Waals surface area contributed by atoms with E-state index in [1.54, 1.807) is 0 Å². The fraction of sp³-hybridized carbons (Fsp3) is 0.429. The number of aliphatic hydroxyl groups excluding tert-OH is 2. The van der Waals surface area contributed by atoms with E-state index >= 15 is 0 Å². The van der Waals surface area contributed by atoms with Crippen LogP contribution in [0.1, 0.15) is 6.92 Å². The molecule has 70 valence electrons. The number of carbonyl (C=O) groups is 2. The van der Waals surface area contributed by atoms with Gasteiger partial charge in [0, 0.05) is 5.57 Å². The van der Waals surface area contributed by atoms with Gasteiger partial charge in [0.05, 0.1) is 13.2 Å². The Labute approximate surface area is 70.0 Å². The monoisotopic (exact) mass is 176 g/mol. The van der Waals surface area contributed by atoms with Crippen LogP contribution in [-0.2, 0) is 9.59 Å². The average molecular weight is 176 g/mol. The molecular weight excluding hydrogens is 164 g/mol. The van der Waals surface area contributed by atoms with Crippen LogP contribution < -0.4 is 0 Å². The normalized spacial score (nSPS) is 9.75. The van der Waals surface area contributed by atoms with Crippen LogP contribution in [0.4, 0.5) is 0 Å². The number of allylic oxidation sites excluding steroid dienone is 1. The average Bonchev–Trinajstić information content (AvgIpc) is 2.05. The SMILES string of the molecule is CC(=CC=O)C(=O)O.OCCO. The van der Waals surface area contributed by atoms with Crippen molar-refractivity contribution in [3.05, 3.63) is 11.6 Å². The van der Waals surface area contributed by atoms with E-state index in [0.717, 1.165) is 6.08 Å². The summed E-state index contributed by atoms with van der Waals surface area (Å²) in [6.45, 7) is 1.11. The highest BCUT2D eigenvalue weighted by molar-refractivity contribution is 5.90. The first-order valence-corrected chi connectivity index (χ1v) is 3.17. The van der Waals surface area contributed by atoms with Crippen LogP contribution in [0.5, 0.6) is 0 Å². The maximum Gasteiger partial charge on any atom is 0.331 e. The van der Waals surface area contributed by atoms with Crippen molar-refractivity contribution in [1.82, 2.24) is 0 Å². The molecular formula is C7H12O5. The third-order valence-corrected chi connectivity index (χ3v) is 0.755. The molecule has 0 saturated carbocycles. The minimum absolute atomic E-state index is 0.0556. The van der Waals surface area contributed by atoms with Crippen molar-refractivity contribution in [1.29, 1.82) is 0 Å². The topological polar surface area (TPSA) is 94.8 Å². The Balaban J connectivity index is 0. The van der Waals surface area contributed by atoms with Crippen LogP contribution in [0.3, 0.4) is 0 Å². The highest BCUT2D eigenvalue weighted by Crippen LogP contribution is 1.87. The molecule has 0 aromatic rings. The first kappa shape index (κ1) is 13.4. The van der Waals surface area contributed by atoms with Crippen molar-refractivity contribution in [3.8, 4) is 0 Å². The molecule has 0 saturated heterocycles. The lowest BCUT2D eigenvalue weighted by Gasteiger charge is -1.83. The van der Waals surface area contributed by atoms with Crippen molar-refractivity contribution < 1.29 is 24.9 Å². The Hall–Kier alpha value is -1.20. The Morgan fingerprint density at radius 3 is 1.83 bits per heavy atom. The van der Waals surface area contributed by atoms with Crippen LogP contribution in [-0.4, -0.2) is 40.8 Å². The maximum atomic E-state index is 9.86. The van der Waals surface area contributed by atoms with Crippen molar-refractivity contribution in [2.45, 2.75) is 6.92 Å². The van der Waals surface area contributed by atoms with Gasteiger partial charge in [0.25, 0.3) is 0 Å².